The maximum absolute atomic E-state index is 5.98. The fourth-order valence-corrected chi connectivity index (χ4v) is 3.02. The van der Waals surface area contributed by atoms with E-state index in [1.54, 1.807) is 0 Å². The van der Waals surface area contributed by atoms with Crippen molar-refractivity contribution in [1.29, 1.82) is 0 Å². The first-order valence-electron chi connectivity index (χ1n) is 6.68. The molecule has 0 unspecified atom stereocenters. The van der Waals surface area contributed by atoms with Crippen LogP contribution < -0.4 is 0 Å². The predicted octanol–water partition coefficient (Wildman–Crippen LogP) is 1.79. The Hall–Kier alpha value is -0.200. The molecule has 18 heavy (non-hydrogen) atoms. The molecule has 0 saturated carbocycles. The Morgan fingerprint density at radius 1 is 0.778 bits per heavy atom. The average molecular weight is 258 g/mol. The van der Waals surface area contributed by atoms with E-state index in [0.29, 0.717) is 0 Å². The molecule has 3 rings (SSSR count). The van der Waals surface area contributed by atoms with Gasteiger partial charge in [0.2, 0.25) is 0 Å². The number of rotatable bonds is 1. The smallest absolute Gasteiger partial charge is 0.190 e. The highest BCUT2D eigenvalue weighted by atomic mass is 16.9. The van der Waals surface area contributed by atoms with E-state index in [1.165, 1.54) is 0 Å². The first-order valence-corrected chi connectivity index (χ1v) is 6.68. The fraction of sp³-hybridized carbons (Fsp3) is 1.00. The molecule has 3 aliphatic rings. The number of hydrogen-bond donors (Lipinski definition) is 0. The summed E-state index contributed by atoms with van der Waals surface area (Å²) >= 11 is 0. The van der Waals surface area contributed by atoms with Crippen molar-refractivity contribution in [2.45, 2.75) is 83.3 Å². The third-order valence-electron chi connectivity index (χ3n) is 3.65. The van der Waals surface area contributed by atoms with E-state index in [4.69, 9.17) is 23.7 Å². The molecule has 0 aromatic heterocycles. The lowest BCUT2D eigenvalue weighted by Crippen LogP contribution is -2.54. The van der Waals surface area contributed by atoms with Gasteiger partial charge in [-0.3, -0.25) is 0 Å². The Morgan fingerprint density at radius 2 is 1.33 bits per heavy atom. The van der Waals surface area contributed by atoms with E-state index >= 15 is 0 Å². The van der Waals surface area contributed by atoms with Gasteiger partial charge in [-0.05, 0) is 34.1 Å². The molecule has 0 radical (unpaired) electrons. The molecule has 3 fully saturated rings. The van der Waals surface area contributed by atoms with Gasteiger partial charge < -0.3 is 23.7 Å². The van der Waals surface area contributed by atoms with Crippen LogP contribution in [0.3, 0.4) is 0 Å². The maximum atomic E-state index is 5.98. The molecule has 0 bridgehead atoms. The highest BCUT2D eigenvalue weighted by molar-refractivity contribution is 4.99. The largest absolute Gasteiger partial charge is 0.344 e. The molecular weight excluding hydrogens is 236 g/mol. The normalized spacial score (nSPS) is 48.8. The maximum Gasteiger partial charge on any atom is 0.190 e. The first kappa shape index (κ1) is 12.8. The van der Waals surface area contributed by atoms with Crippen molar-refractivity contribution in [3.05, 3.63) is 0 Å². The Labute approximate surface area is 108 Å². The van der Waals surface area contributed by atoms with Crippen LogP contribution in [0, 0.1) is 0 Å². The third-order valence-corrected chi connectivity index (χ3v) is 3.65. The fourth-order valence-electron chi connectivity index (χ4n) is 3.02. The summed E-state index contributed by atoms with van der Waals surface area (Å²) in [5, 5.41) is 0. The van der Waals surface area contributed by atoms with Gasteiger partial charge in [-0.2, -0.15) is 0 Å². The Balaban J connectivity index is 1.86. The zero-order valence-electron chi connectivity index (χ0n) is 11.6. The molecule has 0 N–H and O–H groups in total. The summed E-state index contributed by atoms with van der Waals surface area (Å²) in [7, 11) is 0. The monoisotopic (exact) mass is 258 g/mol. The van der Waals surface area contributed by atoms with E-state index in [0.717, 1.165) is 6.42 Å². The Kier molecular flexibility index (Phi) is 2.78. The molecule has 0 aromatic rings. The van der Waals surface area contributed by atoms with Crippen LogP contribution in [0.15, 0.2) is 0 Å². The summed E-state index contributed by atoms with van der Waals surface area (Å²) in [6.07, 6.45) is 0.0937. The summed E-state index contributed by atoms with van der Waals surface area (Å²) < 4.78 is 29.6. The van der Waals surface area contributed by atoms with Crippen molar-refractivity contribution < 1.29 is 23.7 Å². The molecule has 104 valence electrons. The second kappa shape index (κ2) is 3.90. The van der Waals surface area contributed by atoms with Crippen molar-refractivity contribution in [2.75, 3.05) is 0 Å². The molecule has 0 aliphatic carbocycles. The molecule has 3 saturated heterocycles. The van der Waals surface area contributed by atoms with Crippen molar-refractivity contribution in [3.63, 3.8) is 0 Å². The summed E-state index contributed by atoms with van der Waals surface area (Å²) in [6, 6.07) is 0. The molecule has 3 heterocycles. The van der Waals surface area contributed by atoms with Crippen molar-refractivity contribution in [1.82, 2.24) is 0 Å². The van der Waals surface area contributed by atoms with Crippen LogP contribution in [-0.2, 0) is 23.7 Å². The Morgan fingerprint density at radius 3 is 2.00 bits per heavy atom. The van der Waals surface area contributed by atoms with Gasteiger partial charge in [0.15, 0.2) is 17.9 Å². The average Bonchev–Trinajstić information content (AvgIpc) is 2.71. The molecule has 3 aliphatic heterocycles. The standard InChI is InChI=1S/C13H22O5/c1-6-7-8-9(16-12(2,3)15-8)10-11(14-7)18-13(4,5)17-10/h7-11H,6H2,1-5H3/t7-,8+,9+,10-,11-/m0/s1. The predicted molar refractivity (Wildman–Crippen MR) is 62.8 cm³/mol. The SMILES string of the molecule is CC[C@@H]1O[C@H]2OC(C)(C)O[C@H]2[C@@H]2OC(C)(C)O[C@@H]21. The number of hydrogen-bond acceptors (Lipinski definition) is 5. The molecule has 5 nitrogen and oxygen atoms in total. The lowest BCUT2D eigenvalue weighted by Gasteiger charge is -2.36. The second-order valence-corrected chi connectivity index (χ2v) is 6.12. The van der Waals surface area contributed by atoms with E-state index in [9.17, 15) is 0 Å². The van der Waals surface area contributed by atoms with Gasteiger partial charge in [0, 0.05) is 0 Å². The van der Waals surface area contributed by atoms with E-state index < -0.39 is 11.6 Å². The summed E-state index contributed by atoms with van der Waals surface area (Å²) in [6.45, 7) is 9.72. The van der Waals surface area contributed by atoms with Gasteiger partial charge in [0.05, 0.1) is 6.10 Å². The van der Waals surface area contributed by atoms with Gasteiger partial charge in [-0.25, -0.2) is 0 Å². The van der Waals surface area contributed by atoms with Crippen LogP contribution in [0.2, 0.25) is 0 Å². The molecule has 5 heteroatoms. The van der Waals surface area contributed by atoms with Crippen LogP contribution >= 0.6 is 0 Å². The van der Waals surface area contributed by atoms with E-state index in [2.05, 4.69) is 6.92 Å². The minimum atomic E-state index is -0.626. The second-order valence-electron chi connectivity index (χ2n) is 6.12. The quantitative estimate of drug-likeness (QED) is 0.717. The summed E-state index contributed by atoms with van der Waals surface area (Å²) in [4.78, 5) is 0. The molecule has 0 aromatic carbocycles. The molecular formula is C13H22O5. The molecule has 0 spiro atoms. The first-order chi connectivity index (χ1) is 8.31. The third kappa shape index (κ3) is 1.98. The van der Waals surface area contributed by atoms with Crippen LogP contribution in [0.1, 0.15) is 41.0 Å². The minimum absolute atomic E-state index is 0.00414. The topological polar surface area (TPSA) is 46.2 Å². The summed E-state index contributed by atoms with van der Waals surface area (Å²) in [5.41, 5.74) is 0. The minimum Gasteiger partial charge on any atom is -0.344 e. The van der Waals surface area contributed by atoms with Crippen LogP contribution in [0.5, 0.6) is 0 Å². The lowest BCUT2D eigenvalue weighted by molar-refractivity contribution is -0.234. The van der Waals surface area contributed by atoms with Gasteiger partial charge in [0.1, 0.15) is 18.3 Å². The zero-order valence-corrected chi connectivity index (χ0v) is 11.6. The molecule has 0 amide bonds. The van der Waals surface area contributed by atoms with Crippen LogP contribution in [0.25, 0.3) is 0 Å². The van der Waals surface area contributed by atoms with Crippen molar-refractivity contribution >= 4 is 0 Å². The van der Waals surface area contributed by atoms with Crippen LogP contribution in [0.4, 0.5) is 0 Å². The number of ether oxygens (including phenoxy) is 5. The Bertz CT molecular complexity index is 340. The van der Waals surface area contributed by atoms with Gasteiger partial charge in [-0.1, -0.05) is 6.92 Å². The van der Waals surface area contributed by atoms with E-state index in [1.807, 2.05) is 27.7 Å². The highest BCUT2D eigenvalue weighted by Crippen LogP contribution is 2.44. The van der Waals surface area contributed by atoms with Crippen LogP contribution in [-0.4, -0.2) is 42.3 Å². The van der Waals surface area contributed by atoms with Crippen molar-refractivity contribution in [2.24, 2.45) is 0 Å². The lowest BCUT2D eigenvalue weighted by atomic mass is 9.97. The van der Waals surface area contributed by atoms with Gasteiger partial charge in [0.25, 0.3) is 0 Å². The van der Waals surface area contributed by atoms with Crippen molar-refractivity contribution in [3.8, 4) is 0 Å². The van der Waals surface area contributed by atoms with E-state index in [-0.39, 0.29) is 30.7 Å². The summed E-state index contributed by atoms with van der Waals surface area (Å²) in [5.74, 6) is -1.21. The molecule has 5 atom stereocenters. The van der Waals surface area contributed by atoms with Gasteiger partial charge in [-0.15, -0.1) is 0 Å². The highest BCUT2D eigenvalue weighted by Gasteiger charge is 2.60. The number of fused-ring (bicyclic) bond motifs is 3. The van der Waals surface area contributed by atoms with Gasteiger partial charge >= 0.3 is 0 Å². The zero-order chi connectivity index (χ0) is 13.1.